The number of carbonyl (C=O) groups is 1. The van der Waals surface area contributed by atoms with Gasteiger partial charge in [0.1, 0.15) is 0 Å². The summed E-state index contributed by atoms with van der Waals surface area (Å²) < 4.78 is 0. The van der Waals surface area contributed by atoms with Gasteiger partial charge in [0.2, 0.25) is 5.43 Å². The van der Waals surface area contributed by atoms with Gasteiger partial charge in [-0.05, 0) is 31.9 Å². The molecule has 1 atom stereocenters. The number of carbonyl (C=O) groups excluding carboxylic acids is 1. The Morgan fingerprint density at radius 2 is 2.20 bits per heavy atom. The first-order valence-corrected chi connectivity index (χ1v) is 6.52. The number of H-pyrrole nitrogens is 1. The second-order valence-corrected chi connectivity index (χ2v) is 4.69. The monoisotopic (exact) mass is 275 g/mol. The smallest absolute Gasteiger partial charge is 0.276 e. The van der Waals surface area contributed by atoms with Crippen LogP contribution in [0.2, 0.25) is 0 Å². The Morgan fingerprint density at radius 1 is 1.45 bits per heavy atom. The zero-order valence-corrected chi connectivity index (χ0v) is 11.2. The van der Waals surface area contributed by atoms with Gasteiger partial charge in [0.25, 0.3) is 5.91 Å². The highest BCUT2D eigenvalue weighted by molar-refractivity contribution is 5.95. The van der Waals surface area contributed by atoms with Gasteiger partial charge in [-0.15, -0.1) is 0 Å². The summed E-state index contributed by atoms with van der Waals surface area (Å²) in [6, 6.07) is 6.79. The van der Waals surface area contributed by atoms with Crippen LogP contribution in [0.15, 0.2) is 29.1 Å². The van der Waals surface area contributed by atoms with E-state index in [1.807, 2.05) is 6.92 Å². The van der Waals surface area contributed by atoms with E-state index in [1.165, 1.54) is 0 Å². The lowest BCUT2D eigenvalue weighted by atomic mass is 10.1. The molecule has 0 saturated carbocycles. The molecule has 3 N–H and O–H groups in total. The molecule has 1 amide bonds. The van der Waals surface area contributed by atoms with Crippen molar-refractivity contribution in [3.8, 4) is 0 Å². The average molecular weight is 275 g/mol. The van der Waals surface area contributed by atoms with Gasteiger partial charge in [0.15, 0.2) is 5.69 Å². The number of amides is 1. The molecule has 106 valence electrons. The van der Waals surface area contributed by atoms with E-state index in [1.54, 1.807) is 24.3 Å². The van der Waals surface area contributed by atoms with Crippen LogP contribution >= 0.6 is 0 Å². The van der Waals surface area contributed by atoms with Crippen molar-refractivity contribution in [2.75, 3.05) is 6.61 Å². The third kappa shape index (κ3) is 3.03. The Labute approximate surface area is 115 Å². The number of nitrogens with one attached hydrogen (secondary N) is 2. The van der Waals surface area contributed by atoms with Gasteiger partial charge in [0.05, 0.1) is 5.52 Å². The summed E-state index contributed by atoms with van der Waals surface area (Å²) in [6.45, 7) is 1.90. The molecular weight excluding hydrogens is 258 g/mol. The van der Waals surface area contributed by atoms with Gasteiger partial charge in [-0.1, -0.05) is 12.1 Å². The number of para-hydroxylation sites is 1. The topological polar surface area (TPSA) is 95.1 Å². The number of nitrogens with zero attached hydrogens (tertiary/aromatic N) is 1. The number of rotatable bonds is 5. The van der Waals surface area contributed by atoms with E-state index in [9.17, 15) is 9.59 Å². The number of benzene rings is 1. The Balaban J connectivity index is 2.22. The zero-order valence-electron chi connectivity index (χ0n) is 11.2. The lowest BCUT2D eigenvalue weighted by Crippen LogP contribution is -2.36. The molecule has 20 heavy (non-hydrogen) atoms. The second-order valence-electron chi connectivity index (χ2n) is 4.69. The molecule has 1 aromatic heterocycles. The number of aromatic amines is 1. The Bertz CT molecular complexity index is 666. The van der Waals surface area contributed by atoms with Crippen molar-refractivity contribution in [1.82, 2.24) is 15.5 Å². The number of aliphatic hydroxyl groups is 1. The summed E-state index contributed by atoms with van der Waals surface area (Å²) in [5.74, 6) is -0.498. The molecule has 0 fully saturated rings. The van der Waals surface area contributed by atoms with Crippen LogP contribution in [0.4, 0.5) is 0 Å². The average Bonchev–Trinajstić information content (AvgIpc) is 2.45. The lowest BCUT2D eigenvalue weighted by molar-refractivity contribution is 0.0929. The number of fused-ring (bicyclic) bond motifs is 1. The van der Waals surface area contributed by atoms with Crippen LogP contribution in [0.3, 0.4) is 0 Å². The van der Waals surface area contributed by atoms with Gasteiger partial charge >= 0.3 is 0 Å². The van der Waals surface area contributed by atoms with Gasteiger partial charge < -0.3 is 10.4 Å². The summed E-state index contributed by atoms with van der Waals surface area (Å²) in [6.07, 6.45) is 1.25. The van der Waals surface area contributed by atoms with Gasteiger partial charge in [0, 0.05) is 18.0 Å². The van der Waals surface area contributed by atoms with E-state index < -0.39 is 5.91 Å². The van der Waals surface area contributed by atoms with Crippen LogP contribution in [0.25, 0.3) is 10.9 Å². The number of aliphatic hydroxyl groups excluding tert-OH is 1. The van der Waals surface area contributed by atoms with Crippen molar-refractivity contribution in [1.29, 1.82) is 0 Å². The van der Waals surface area contributed by atoms with Crippen molar-refractivity contribution >= 4 is 16.8 Å². The highest BCUT2D eigenvalue weighted by Crippen LogP contribution is 2.05. The first-order chi connectivity index (χ1) is 9.63. The van der Waals surface area contributed by atoms with E-state index in [4.69, 9.17) is 5.11 Å². The molecule has 0 bridgehead atoms. The van der Waals surface area contributed by atoms with Crippen molar-refractivity contribution in [2.45, 2.75) is 25.8 Å². The molecule has 2 aromatic rings. The largest absolute Gasteiger partial charge is 0.396 e. The van der Waals surface area contributed by atoms with Crippen LogP contribution in [0.5, 0.6) is 0 Å². The SMILES string of the molecule is CC(CCCO)NC(=O)c1n[nH]c2ccccc2c1=O. The predicted octanol–water partition coefficient (Wildman–Crippen LogP) is 0.814. The van der Waals surface area contributed by atoms with E-state index in [0.29, 0.717) is 23.7 Å². The molecule has 1 unspecified atom stereocenters. The van der Waals surface area contributed by atoms with Crippen molar-refractivity contribution in [2.24, 2.45) is 0 Å². The summed E-state index contributed by atoms with van der Waals surface area (Å²) in [7, 11) is 0. The molecule has 2 rings (SSSR count). The van der Waals surface area contributed by atoms with Gasteiger partial charge in [-0.2, -0.15) is 5.10 Å². The van der Waals surface area contributed by atoms with Crippen LogP contribution in [0, 0.1) is 0 Å². The molecule has 6 heteroatoms. The fourth-order valence-electron chi connectivity index (χ4n) is 1.99. The first-order valence-electron chi connectivity index (χ1n) is 6.52. The lowest BCUT2D eigenvalue weighted by Gasteiger charge is -2.12. The molecule has 1 heterocycles. The fraction of sp³-hybridized carbons (Fsp3) is 0.357. The summed E-state index contributed by atoms with van der Waals surface area (Å²) in [5.41, 5.74) is 0.0770. The minimum Gasteiger partial charge on any atom is -0.396 e. The number of aromatic nitrogens is 2. The highest BCUT2D eigenvalue weighted by Gasteiger charge is 2.16. The van der Waals surface area contributed by atoms with Crippen molar-refractivity contribution in [3.63, 3.8) is 0 Å². The van der Waals surface area contributed by atoms with Crippen LogP contribution in [-0.2, 0) is 0 Å². The Morgan fingerprint density at radius 3 is 2.95 bits per heavy atom. The highest BCUT2D eigenvalue weighted by atomic mass is 16.3. The van der Waals surface area contributed by atoms with Crippen molar-refractivity contribution < 1.29 is 9.90 Å². The molecule has 0 aliphatic carbocycles. The van der Waals surface area contributed by atoms with E-state index in [2.05, 4.69) is 15.5 Å². The maximum absolute atomic E-state index is 12.2. The quantitative estimate of drug-likeness (QED) is 0.752. The third-order valence-corrected chi connectivity index (χ3v) is 3.06. The Kier molecular flexibility index (Phi) is 4.47. The normalized spacial score (nSPS) is 12.3. The van der Waals surface area contributed by atoms with Crippen LogP contribution in [0.1, 0.15) is 30.3 Å². The number of hydrogen-bond acceptors (Lipinski definition) is 4. The standard InChI is InChI=1S/C14H17N3O3/c1-9(5-4-8-18)15-14(20)12-13(19)10-6-2-3-7-11(10)16-17-12/h2-3,6-7,9,18H,4-5,8H2,1H3,(H,15,20)(H,16,19). The first kappa shape index (κ1) is 14.2. The van der Waals surface area contributed by atoms with Gasteiger partial charge in [-0.25, -0.2) is 0 Å². The summed E-state index contributed by atoms with van der Waals surface area (Å²) in [4.78, 5) is 24.2. The molecule has 0 spiro atoms. The van der Waals surface area contributed by atoms with E-state index in [0.717, 1.165) is 0 Å². The molecule has 1 aromatic carbocycles. The molecule has 0 aliphatic heterocycles. The fourth-order valence-corrected chi connectivity index (χ4v) is 1.99. The third-order valence-electron chi connectivity index (χ3n) is 3.06. The predicted molar refractivity (Wildman–Crippen MR) is 75.6 cm³/mol. The second kappa shape index (κ2) is 6.29. The molecule has 0 aliphatic rings. The molecular formula is C14H17N3O3. The minimum absolute atomic E-state index is 0.0784. The zero-order chi connectivity index (χ0) is 14.5. The van der Waals surface area contributed by atoms with Gasteiger partial charge in [-0.3, -0.25) is 14.7 Å². The van der Waals surface area contributed by atoms with Crippen LogP contribution in [-0.4, -0.2) is 33.9 Å². The van der Waals surface area contributed by atoms with Crippen LogP contribution < -0.4 is 10.7 Å². The summed E-state index contributed by atoms with van der Waals surface area (Å²) >= 11 is 0. The van der Waals surface area contributed by atoms with E-state index in [-0.39, 0.29) is 23.8 Å². The number of hydrogen-bond donors (Lipinski definition) is 3. The molecule has 0 radical (unpaired) electrons. The molecule has 0 saturated heterocycles. The maximum atomic E-state index is 12.2. The minimum atomic E-state index is -0.498. The Hall–Kier alpha value is -2.21. The van der Waals surface area contributed by atoms with Crippen molar-refractivity contribution in [3.05, 3.63) is 40.2 Å². The summed E-state index contributed by atoms with van der Waals surface area (Å²) in [5, 5.41) is 18.4. The molecule has 6 nitrogen and oxygen atoms in total. The van der Waals surface area contributed by atoms with E-state index >= 15 is 0 Å². The maximum Gasteiger partial charge on any atom is 0.276 e.